The third-order valence-corrected chi connectivity index (χ3v) is 7.77. The number of aromatic nitrogens is 2. The number of hydrogen-bond acceptors (Lipinski definition) is 7. The maximum Gasteiger partial charge on any atom is 0.243 e. The zero-order valence-corrected chi connectivity index (χ0v) is 18.6. The molecule has 162 valence electrons. The highest BCUT2D eigenvalue weighted by Crippen LogP contribution is 2.22. The third kappa shape index (κ3) is 5.41. The molecule has 0 radical (unpaired) electrons. The number of nitrogens with zero attached hydrogens (tertiary/aromatic N) is 4. The molecule has 9 nitrogen and oxygen atoms in total. The van der Waals surface area contributed by atoms with E-state index in [1.165, 1.54) is 15.6 Å². The molecule has 30 heavy (non-hydrogen) atoms. The molecule has 0 spiro atoms. The predicted octanol–water partition coefficient (Wildman–Crippen LogP) is 1.91. The molecule has 1 aliphatic rings. The van der Waals surface area contributed by atoms with Crippen molar-refractivity contribution in [2.45, 2.75) is 37.5 Å². The van der Waals surface area contributed by atoms with E-state index in [0.29, 0.717) is 18.2 Å². The second kappa shape index (κ2) is 9.63. The van der Waals surface area contributed by atoms with Gasteiger partial charge in [0.05, 0.1) is 4.90 Å². The molecule has 0 aliphatic carbocycles. The molecule has 1 aromatic carbocycles. The number of carbonyl (C=O) groups is 2. The lowest BCUT2D eigenvalue weighted by Gasteiger charge is -2.34. The van der Waals surface area contributed by atoms with Crippen LogP contribution in [0.15, 0.2) is 35.2 Å². The molecule has 1 N–H and O–H groups in total. The predicted molar refractivity (Wildman–Crippen MR) is 114 cm³/mol. The minimum Gasteiger partial charge on any atom is -0.340 e. The molecular weight excluding hydrogens is 426 g/mol. The van der Waals surface area contributed by atoms with E-state index in [1.54, 1.807) is 35.2 Å². The highest BCUT2D eigenvalue weighted by atomic mass is 32.2. The number of amides is 2. The zero-order chi connectivity index (χ0) is 21.7. The van der Waals surface area contributed by atoms with Crippen LogP contribution in [-0.4, -0.2) is 65.8 Å². The summed E-state index contributed by atoms with van der Waals surface area (Å²) in [5.41, 5.74) is 0. The average Bonchev–Trinajstić information content (AvgIpc) is 3.21. The van der Waals surface area contributed by atoms with Gasteiger partial charge < -0.3 is 10.2 Å². The van der Waals surface area contributed by atoms with Crippen LogP contribution < -0.4 is 5.32 Å². The molecule has 0 bridgehead atoms. The Hall–Kier alpha value is -2.37. The second-order valence-electron chi connectivity index (χ2n) is 7.25. The van der Waals surface area contributed by atoms with E-state index in [0.717, 1.165) is 5.01 Å². The summed E-state index contributed by atoms with van der Waals surface area (Å²) >= 11 is 1.32. The van der Waals surface area contributed by atoms with E-state index < -0.39 is 10.0 Å². The van der Waals surface area contributed by atoms with E-state index >= 15 is 0 Å². The lowest BCUT2D eigenvalue weighted by molar-refractivity contribution is -0.133. The highest BCUT2D eigenvalue weighted by molar-refractivity contribution is 7.89. The number of nitrogens with one attached hydrogen (secondary N) is 1. The average molecular weight is 452 g/mol. The normalized spacial score (nSPS) is 15.4. The summed E-state index contributed by atoms with van der Waals surface area (Å²) in [7, 11) is -3.56. The van der Waals surface area contributed by atoms with Crippen LogP contribution in [0.5, 0.6) is 0 Å². The second-order valence-corrected chi connectivity index (χ2v) is 10.2. The fourth-order valence-corrected chi connectivity index (χ4v) is 5.20. The monoisotopic (exact) mass is 451 g/mol. The van der Waals surface area contributed by atoms with Gasteiger partial charge in [-0.25, -0.2) is 8.42 Å². The molecule has 1 fully saturated rings. The summed E-state index contributed by atoms with van der Waals surface area (Å²) in [6.45, 7) is 5.07. The van der Waals surface area contributed by atoms with Crippen LogP contribution in [0.2, 0.25) is 0 Å². The van der Waals surface area contributed by atoms with Gasteiger partial charge in [0, 0.05) is 44.9 Å². The Kier molecular flexibility index (Phi) is 7.16. The van der Waals surface area contributed by atoms with E-state index in [2.05, 4.69) is 15.5 Å². The number of sulfonamides is 1. The maximum atomic E-state index is 12.7. The highest BCUT2D eigenvalue weighted by Gasteiger charge is 2.30. The summed E-state index contributed by atoms with van der Waals surface area (Å²) in [4.78, 5) is 26.4. The summed E-state index contributed by atoms with van der Waals surface area (Å²) in [6, 6.07) is 8.26. The third-order valence-electron chi connectivity index (χ3n) is 4.72. The van der Waals surface area contributed by atoms with Gasteiger partial charge in [-0.15, -0.1) is 10.2 Å². The quantitative estimate of drug-likeness (QED) is 0.688. The van der Waals surface area contributed by atoms with Crippen molar-refractivity contribution in [2.24, 2.45) is 0 Å². The lowest BCUT2D eigenvalue weighted by atomic mass is 10.2. The molecule has 2 heterocycles. The molecule has 0 unspecified atom stereocenters. The Bertz CT molecular complexity index is 983. The minimum absolute atomic E-state index is 0.0396. The van der Waals surface area contributed by atoms with Crippen molar-refractivity contribution in [1.29, 1.82) is 0 Å². The number of rotatable bonds is 7. The van der Waals surface area contributed by atoms with Gasteiger partial charge in [-0.2, -0.15) is 4.31 Å². The Balaban J connectivity index is 1.45. The number of benzene rings is 1. The largest absolute Gasteiger partial charge is 0.340 e. The molecule has 0 saturated carbocycles. The fraction of sp³-hybridized carbons (Fsp3) is 0.474. The maximum absolute atomic E-state index is 12.7. The molecule has 1 aliphatic heterocycles. The van der Waals surface area contributed by atoms with Crippen molar-refractivity contribution in [3.63, 3.8) is 0 Å². The number of hydrogen-bond donors (Lipinski definition) is 1. The van der Waals surface area contributed by atoms with Gasteiger partial charge in [0.1, 0.15) is 5.01 Å². The first kappa shape index (κ1) is 22.3. The van der Waals surface area contributed by atoms with Crippen molar-refractivity contribution in [1.82, 2.24) is 19.4 Å². The van der Waals surface area contributed by atoms with Crippen LogP contribution in [0.25, 0.3) is 0 Å². The van der Waals surface area contributed by atoms with Crippen LogP contribution in [0.4, 0.5) is 5.13 Å². The van der Waals surface area contributed by atoms with Crippen LogP contribution in [0.3, 0.4) is 0 Å². The molecule has 0 atom stereocenters. The molecular formula is C19H25N5O4S2. The zero-order valence-electron chi connectivity index (χ0n) is 16.9. The SMILES string of the molecule is CC(C)c1nnc(NC(=O)CCC(=O)N2CCN(S(=O)(=O)c3ccccc3)CC2)s1. The number of piperazine rings is 1. The van der Waals surface area contributed by atoms with Crippen LogP contribution in [-0.2, 0) is 19.6 Å². The molecule has 1 saturated heterocycles. The Morgan fingerprint density at radius 3 is 2.33 bits per heavy atom. The first-order valence-corrected chi connectivity index (χ1v) is 12.0. The number of carbonyl (C=O) groups excluding carboxylic acids is 2. The van der Waals surface area contributed by atoms with E-state index in [-0.39, 0.29) is 48.6 Å². The Morgan fingerprint density at radius 2 is 1.73 bits per heavy atom. The summed E-state index contributed by atoms with van der Waals surface area (Å²) < 4.78 is 26.7. The smallest absolute Gasteiger partial charge is 0.243 e. The van der Waals surface area contributed by atoms with Gasteiger partial charge in [-0.3, -0.25) is 9.59 Å². The molecule has 2 aromatic rings. The van der Waals surface area contributed by atoms with Crippen molar-refractivity contribution >= 4 is 38.3 Å². The van der Waals surface area contributed by atoms with E-state index in [4.69, 9.17) is 0 Å². The van der Waals surface area contributed by atoms with Gasteiger partial charge in [-0.05, 0) is 12.1 Å². The van der Waals surface area contributed by atoms with Gasteiger partial charge >= 0.3 is 0 Å². The van der Waals surface area contributed by atoms with Crippen molar-refractivity contribution in [3.05, 3.63) is 35.3 Å². The molecule has 1 aromatic heterocycles. The standard InChI is InChI=1S/C19H25N5O4S2/c1-14(2)18-21-22-19(29-18)20-16(25)8-9-17(26)23-10-12-24(13-11-23)30(27,28)15-6-4-3-5-7-15/h3-7,14H,8-13H2,1-2H3,(H,20,22,25). The van der Waals surface area contributed by atoms with Gasteiger partial charge in [0.2, 0.25) is 27.0 Å². The minimum atomic E-state index is -3.56. The first-order chi connectivity index (χ1) is 14.3. The fourth-order valence-electron chi connectivity index (χ4n) is 3.00. The topological polar surface area (TPSA) is 113 Å². The lowest BCUT2D eigenvalue weighted by Crippen LogP contribution is -2.50. The first-order valence-electron chi connectivity index (χ1n) is 9.73. The van der Waals surface area contributed by atoms with Crippen LogP contribution in [0.1, 0.15) is 37.6 Å². The molecule has 2 amide bonds. The van der Waals surface area contributed by atoms with E-state index in [9.17, 15) is 18.0 Å². The Morgan fingerprint density at radius 1 is 1.07 bits per heavy atom. The summed E-state index contributed by atoms with van der Waals surface area (Å²) in [5.74, 6) is -0.221. The summed E-state index contributed by atoms with van der Waals surface area (Å²) in [5, 5.41) is 11.9. The van der Waals surface area contributed by atoms with E-state index in [1.807, 2.05) is 13.8 Å². The number of anilines is 1. The van der Waals surface area contributed by atoms with Crippen molar-refractivity contribution < 1.29 is 18.0 Å². The van der Waals surface area contributed by atoms with Gasteiger partial charge in [0.25, 0.3) is 0 Å². The molecule has 11 heteroatoms. The van der Waals surface area contributed by atoms with Gasteiger partial charge in [-0.1, -0.05) is 43.4 Å². The van der Waals surface area contributed by atoms with Crippen molar-refractivity contribution in [2.75, 3.05) is 31.5 Å². The van der Waals surface area contributed by atoms with Crippen LogP contribution >= 0.6 is 11.3 Å². The summed E-state index contributed by atoms with van der Waals surface area (Å²) in [6.07, 6.45) is 0.102. The van der Waals surface area contributed by atoms with Crippen LogP contribution in [0, 0.1) is 0 Å². The van der Waals surface area contributed by atoms with Gasteiger partial charge in [0.15, 0.2) is 0 Å². The Labute approximate surface area is 180 Å². The molecule has 3 rings (SSSR count). The van der Waals surface area contributed by atoms with Crippen molar-refractivity contribution in [3.8, 4) is 0 Å².